The molecular formula is C20H22ClN3O3S2. The largest absolute Gasteiger partial charge is 0.497 e. The van der Waals surface area contributed by atoms with Crippen molar-refractivity contribution >= 4 is 48.7 Å². The maximum Gasteiger partial charge on any atom is 0.263 e. The molecule has 1 aromatic heterocycles. The summed E-state index contributed by atoms with van der Waals surface area (Å²) in [7, 11) is -2.21. The first kappa shape index (κ1) is 20.4. The second-order valence-corrected chi connectivity index (χ2v) is 10.2. The molecule has 29 heavy (non-hydrogen) atoms. The quantitative estimate of drug-likeness (QED) is 0.548. The van der Waals surface area contributed by atoms with Crippen LogP contribution in [-0.2, 0) is 10.0 Å². The van der Waals surface area contributed by atoms with Gasteiger partial charge in [-0.05, 0) is 48.9 Å². The standard InChI is InChI=1S/C20H22ClN3O3S2/c1-12-20(16-9-13(21)3-6-19(16)28-12)29(25,26)24-17-5-4-14(27-2)10-15(17)18-11-22-7-8-23-18/h3-6,9-10,18,22-24H,7-8,11H2,1-2H3. The Balaban J connectivity index is 1.77. The summed E-state index contributed by atoms with van der Waals surface area (Å²) in [5, 5.41) is 7.91. The molecule has 154 valence electrons. The van der Waals surface area contributed by atoms with E-state index in [1.54, 1.807) is 31.4 Å². The summed E-state index contributed by atoms with van der Waals surface area (Å²) in [5.41, 5.74) is 1.38. The molecule has 1 aliphatic heterocycles. The van der Waals surface area contributed by atoms with E-state index in [0.717, 1.165) is 28.2 Å². The molecule has 0 spiro atoms. The molecule has 3 aromatic rings. The van der Waals surface area contributed by atoms with Crippen molar-refractivity contribution in [1.82, 2.24) is 10.6 Å². The third kappa shape index (κ3) is 4.08. The number of thiophene rings is 1. The number of benzene rings is 2. The van der Waals surface area contributed by atoms with Crippen molar-refractivity contribution < 1.29 is 13.2 Å². The zero-order valence-corrected chi connectivity index (χ0v) is 18.5. The summed E-state index contributed by atoms with van der Waals surface area (Å²) in [6.07, 6.45) is 0. The Kier molecular flexibility index (Phi) is 5.72. The first-order valence-corrected chi connectivity index (χ1v) is 11.9. The summed E-state index contributed by atoms with van der Waals surface area (Å²) in [6.45, 7) is 4.20. The molecule has 1 fully saturated rings. The van der Waals surface area contributed by atoms with Crippen LogP contribution in [0.25, 0.3) is 10.1 Å². The van der Waals surface area contributed by atoms with Crippen LogP contribution >= 0.6 is 22.9 Å². The minimum Gasteiger partial charge on any atom is -0.497 e. The van der Waals surface area contributed by atoms with Gasteiger partial charge in [-0.25, -0.2) is 8.42 Å². The van der Waals surface area contributed by atoms with E-state index >= 15 is 0 Å². The van der Waals surface area contributed by atoms with Crippen LogP contribution in [0.3, 0.4) is 0 Å². The number of rotatable bonds is 5. The molecule has 0 bridgehead atoms. The number of piperazine rings is 1. The van der Waals surface area contributed by atoms with Crippen LogP contribution in [0.15, 0.2) is 41.3 Å². The summed E-state index contributed by atoms with van der Waals surface area (Å²) < 4.78 is 35.8. The maximum atomic E-state index is 13.4. The van der Waals surface area contributed by atoms with Gasteiger partial charge in [-0.2, -0.15) is 0 Å². The van der Waals surface area contributed by atoms with E-state index < -0.39 is 10.0 Å². The minimum absolute atomic E-state index is 0.0219. The van der Waals surface area contributed by atoms with Crippen LogP contribution < -0.4 is 20.1 Å². The fourth-order valence-corrected chi connectivity index (χ4v) is 6.67. The van der Waals surface area contributed by atoms with Crippen LogP contribution in [0.1, 0.15) is 16.5 Å². The van der Waals surface area contributed by atoms with Crippen molar-refractivity contribution in [2.75, 3.05) is 31.5 Å². The van der Waals surface area contributed by atoms with Gasteiger partial charge in [-0.15, -0.1) is 11.3 Å². The molecule has 4 rings (SSSR count). The fourth-order valence-electron chi connectivity index (χ4n) is 3.62. The molecule has 0 radical (unpaired) electrons. The highest BCUT2D eigenvalue weighted by molar-refractivity contribution is 7.93. The summed E-state index contributed by atoms with van der Waals surface area (Å²) in [5.74, 6) is 0.680. The van der Waals surface area contributed by atoms with Crippen molar-refractivity contribution in [2.24, 2.45) is 0 Å². The highest BCUT2D eigenvalue weighted by atomic mass is 35.5. The lowest BCUT2D eigenvalue weighted by Crippen LogP contribution is -2.42. The van der Waals surface area contributed by atoms with Crippen molar-refractivity contribution in [3.8, 4) is 5.75 Å². The van der Waals surface area contributed by atoms with Crippen molar-refractivity contribution in [1.29, 1.82) is 0 Å². The Labute approximate surface area is 179 Å². The monoisotopic (exact) mass is 451 g/mol. The second-order valence-electron chi connectivity index (χ2n) is 6.90. The van der Waals surface area contributed by atoms with Gasteiger partial charge in [0, 0.05) is 45.7 Å². The topological polar surface area (TPSA) is 79.5 Å². The normalized spacial score (nSPS) is 17.4. The number of fused-ring (bicyclic) bond motifs is 1. The number of sulfonamides is 1. The van der Waals surface area contributed by atoms with Crippen LogP contribution in [0.2, 0.25) is 5.02 Å². The van der Waals surface area contributed by atoms with Gasteiger partial charge in [0.05, 0.1) is 12.8 Å². The van der Waals surface area contributed by atoms with Gasteiger partial charge in [0.15, 0.2) is 0 Å². The number of methoxy groups -OCH3 is 1. The summed E-state index contributed by atoms with van der Waals surface area (Å²) in [4.78, 5) is 0.999. The molecular weight excluding hydrogens is 430 g/mol. The van der Waals surface area contributed by atoms with E-state index in [1.807, 2.05) is 19.1 Å². The first-order chi connectivity index (χ1) is 13.9. The molecule has 3 N–H and O–H groups in total. The average Bonchev–Trinajstić information content (AvgIpc) is 3.04. The Bertz CT molecular complexity index is 1160. The van der Waals surface area contributed by atoms with Gasteiger partial charge in [-0.3, -0.25) is 4.72 Å². The molecule has 0 aliphatic carbocycles. The molecule has 9 heteroatoms. The minimum atomic E-state index is -3.81. The number of halogens is 1. The molecule has 1 unspecified atom stereocenters. The van der Waals surface area contributed by atoms with Crippen LogP contribution in [0.5, 0.6) is 5.75 Å². The highest BCUT2D eigenvalue weighted by Crippen LogP contribution is 2.37. The van der Waals surface area contributed by atoms with Crippen LogP contribution in [0, 0.1) is 6.92 Å². The van der Waals surface area contributed by atoms with E-state index in [-0.39, 0.29) is 10.9 Å². The van der Waals surface area contributed by atoms with E-state index in [0.29, 0.717) is 28.4 Å². The third-order valence-electron chi connectivity index (χ3n) is 4.96. The van der Waals surface area contributed by atoms with Gasteiger partial charge < -0.3 is 15.4 Å². The molecule has 2 heterocycles. The van der Waals surface area contributed by atoms with E-state index in [2.05, 4.69) is 15.4 Å². The lowest BCUT2D eigenvalue weighted by Gasteiger charge is -2.27. The van der Waals surface area contributed by atoms with Crippen LogP contribution in [0.4, 0.5) is 5.69 Å². The lowest BCUT2D eigenvalue weighted by molar-refractivity contribution is 0.407. The first-order valence-electron chi connectivity index (χ1n) is 9.22. The SMILES string of the molecule is COc1ccc(NS(=O)(=O)c2c(C)sc3ccc(Cl)cc23)c(C2CNCCN2)c1. The zero-order chi connectivity index (χ0) is 20.6. The zero-order valence-electron chi connectivity index (χ0n) is 16.1. The summed E-state index contributed by atoms with van der Waals surface area (Å²) >= 11 is 7.57. The highest BCUT2D eigenvalue weighted by Gasteiger charge is 2.26. The van der Waals surface area contributed by atoms with Crippen molar-refractivity contribution in [2.45, 2.75) is 17.9 Å². The Hall–Kier alpha value is -1.84. The number of ether oxygens (including phenoxy) is 1. The van der Waals surface area contributed by atoms with Gasteiger partial charge in [-0.1, -0.05) is 11.6 Å². The Morgan fingerprint density at radius 3 is 2.76 bits per heavy atom. The van der Waals surface area contributed by atoms with E-state index in [1.165, 1.54) is 11.3 Å². The predicted octanol–water partition coefficient (Wildman–Crippen LogP) is 3.91. The van der Waals surface area contributed by atoms with Gasteiger partial charge in [0.2, 0.25) is 0 Å². The Morgan fingerprint density at radius 1 is 1.21 bits per heavy atom. The molecule has 1 atom stereocenters. The number of aryl methyl sites for hydroxylation is 1. The molecule has 1 saturated heterocycles. The molecule has 2 aromatic carbocycles. The molecule has 1 aliphatic rings. The average molecular weight is 452 g/mol. The number of hydrogen-bond donors (Lipinski definition) is 3. The number of nitrogens with one attached hydrogen (secondary N) is 3. The van der Waals surface area contributed by atoms with Crippen LogP contribution in [-0.4, -0.2) is 35.2 Å². The fraction of sp³-hybridized carbons (Fsp3) is 0.300. The van der Waals surface area contributed by atoms with Gasteiger partial charge in [0.1, 0.15) is 10.6 Å². The van der Waals surface area contributed by atoms with Gasteiger partial charge in [0.25, 0.3) is 10.0 Å². The number of anilines is 1. The number of hydrogen-bond acceptors (Lipinski definition) is 6. The summed E-state index contributed by atoms with van der Waals surface area (Å²) in [6, 6.07) is 10.7. The second kappa shape index (κ2) is 8.12. The third-order valence-corrected chi connectivity index (χ3v) is 7.96. The molecule has 0 saturated carbocycles. The lowest BCUT2D eigenvalue weighted by atomic mass is 10.0. The maximum absolute atomic E-state index is 13.4. The predicted molar refractivity (Wildman–Crippen MR) is 119 cm³/mol. The van der Waals surface area contributed by atoms with Crippen molar-refractivity contribution in [3.63, 3.8) is 0 Å². The van der Waals surface area contributed by atoms with E-state index in [9.17, 15) is 8.42 Å². The Morgan fingerprint density at radius 2 is 2.03 bits per heavy atom. The smallest absolute Gasteiger partial charge is 0.263 e. The molecule has 6 nitrogen and oxygen atoms in total. The molecule has 0 amide bonds. The van der Waals surface area contributed by atoms with Gasteiger partial charge >= 0.3 is 0 Å². The van der Waals surface area contributed by atoms with Crippen molar-refractivity contribution in [3.05, 3.63) is 51.9 Å². The van der Waals surface area contributed by atoms with E-state index in [4.69, 9.17) is 16.3 Å².